The van der Waals surface area contributed by atoms with Crippen LogP contribution in [0.15, 0.2) is 72.9 Å². The molecule has 0 saturated carbocycles. The van der Waals surface area contributed by atoms with E-state index in [4.69, 9.17) is 9.47 Å². The van der Waals surface area contributed by atoms with E-state index in [-0.39, 0.29) is 18.9 Å². The number of hydrogen-bond acceptors (Lipinski definition) is 8. The minimum absolute atomic E-state index is 0.109. The van der Waals surface area contributed by atoms with Gasteiger partial charge in [0, 0.05) is 6.42 Å². The first kappa shape index (κ1) is 40.7. The van der Waals surface area contributed by atoms with Crippen LogP contribution in [0.4, 0.5) is 0 Å². The minimum Gasteiger partial charge on any atom is -0.394 e. The summed E-state index contributed by atoms with van der Waals surface area (Å²) >= 11 is 0. The molecule has 1 rings (SSSR count). The molecule has 1 heterocycles. The van der Waals surface area contributed by atoms with Gasteiger partial charge in [-0.25, -0.2) is 0 Å². The summed E-state index contributed by atoms with van der Waals surface area (Å²) in [6.07, 6.45) is 27.1. The van der Waals surface area contributed by atoms with E-state index in [0.717, 1.165) is 44.9 Å². The van der Waals surface area contributed by atoms with Crippen molar-refractivity contribution in [3.63, 3.8) is 0 Å². The van der Waals surface area contributed by atoms with E-state index >= 15 is 0 Å². The Bertz CT molecular complexity index is 926. The summed E-state index contributed by atoms with van der Waals surface area (Å²) in [6, 6.07) is -0.857. The number of aliphatic hydroxyl groups excluding tert-OH is 5. The van der Waals surface area contributed by atoms with Crippen LogP contribution in [-0.2, 0) is 14.3 Å². The summed E-state index contributed by atoms with van der Waals surface area (Å²) in [7, 11) is 0. The van der Waals surface area contributed by atoms with Crippen molar-refractivity contribution < 1.29 is 39.8 Å². The van der Waals surface area contributed by atoms with E-state index in [1.54, 1.807) is 12.2 Å². The van der Waals surface area contributed by atoms with Gasteiger partial charge < -0.3 is 40.3 Å². The Hall–Kier alpha value is -2.37. The second-order valence-corrected chi connectivity index (χ2v) is 11.2. The molecule has 7 atom stereocenters. The molecule has 1 aliphatic rings. The van der Waals surface area contributed by atoms with Crippen LogP contribution in [0.25, 0.3) is 0 Å². The van der Waals surface area contributed by atoms with Crippen molar-refractivity contribution in [1.29, 1.82) is 0 Å². The predicted molar refractivity (Wildman–Crippen MR) is 179 cm³/mol. The average Bonchev–Trinajstić information content (AvgIpc) is 3.04. The van der Waals surface area contributed by atoms with Crippen LogP contribution in [-0.4, -0.2) is 87.5 Å². The normalized spacial score (nSPS) is 24.3. The number of carbonyl (C=O) groups excluding carboxylic acids is 1. The summed E-state index contributed by atoms with van der Waals surface area (Å²) in [5, 5.41) is 53.4. The average molecular weight is 634 g/mol. The number of hydrogen-bond donors (Lipinski definition) is 6. The molecule has 0 aromatic carbocycles. The molecular formula is C36H59NO8. The predicted octanol–water partition coefficient (Wildman–Crippen LogP) is 4.71. The first-order valence-electron chi connectivity index (χ1n) is 16.7. The van der Waals surface area contributed by atoms with Crippen molar-refractivity contribution in [1.82, 2.24) is 5.32 Å². The van der Waals surface area contributed by atoms with E-state index in [0.29, 0.717) is 6.42 Å². The highest BCUT2D eigenvalue weighted by molar-refractivity contribution is 5.77. The van der Waals surface area contributed by atoms with Gasteiger partial charge in [-0.2, -0.15) is 0 Å². The molecule has 1 fully saturated rings. The number of ether oxygens (including phenoxy) is 2. The van der Waals surface area contributed by atoms with Crippen LogP contribution in [0.3, 0.4) is 0 Å². The third-order valence-corrected chi connectivity index (χ3v) is 7.32. The molecule has 256 valence electrons. The Morgan fingerprint density at radius 3 is 1.93 bits per heavy atom. The van der Waals surface area contributed by atoms with E-state index in [1.807, 2.05) is 18.2 Å². The quantitative estimate of drug-likeness (QED) is 0.0662. The van der Waals surface area contributed by atoms with E-state index in [9.17, 15) is 30.3 Å². The van der Waals surface area contributed by atoms with Crippen LogP contribution in [0, 0.1) is 0 Å². The highest BCUT2D eigenvalue weighted by Crippen LogP contribution is 2.22. The molecule has 0 radical (unpaired) electrons. The lowest BCUT2D eigenvalue weighted by molar-refractivity contribution is -0.302. The number of allylic oxidation sites excluding steroid dienone is 10. The third-order valence-electron chi connectivity index (χ3n) is 7.32. The lowest BCUT2D eigenvalue weighted by atomic mass is 9.99. The van der Waals surface area contributed by atoms with Gasteiger partial charge in [0.1, 0.15) is 24.4 Å². The molecule has 0 aliphatic carbocycles. The van der Waals surface area contributed by atoms with Crippen molar-refractivity contribution >= 4 is 5.91 Å². The van der Waals surface area contributed by atoms with Gasteiger partial charge in [-0.05, 0) is 44.9 Å². The van der Waals surface area contributed by atoms with Gasteiger partial charge in [0.25, 0.3) is 0 Å². The van der Waals surface area contributed by atoms with Crippen molar-refractivity contribution in [2.45, 2.75) is 134 Å². The fourth-order valence-electron chi connectivity index (χ4n) is 4.57. The zero-order valence-electron chi connectivity index (χ0n) is 27.3. The first-order valence-corrected chi connectivity index (χ1v) is 16.7. The molecule has 0 aromatic heterocycles. The van der Waals surface area contributed by atoms with Crippen LogP contribution in [0.2, 0.25) is 0 Å². The second-order valence-electron chi connectivity index (χ2n) is 11.2. The molecule has 1 aliphatic heterocycles. The summed E-state index contributed by atoms with van der Waals surface area (Å²) in [4.78, 5) is 12.7. The summed E-state index contributed by atoms with van der Waals surface area (Å²) in [5.74, 6) is -0.314. The zero-order chi connectivity index (χ0) is 33.1. The Balaban J connectivity index is 2.57. The molecular weight excluding hydrogens is 574 g/mol. The van der Waals surface area contributed by atoms with E-state index in [1.165, 1.54) is 19.3 Å². The fourth-order valence-corrected chi connectivity index (χ4v) is 4.57. The summed E-state index contributed by atoms with van der Waals surface area (Å²) < 4.78 is 11.0. The molecule has 9 heteroatoms. The number of rotatable bonds is 24. The Morgan fingerprint density at radius 1 is 0.778 bits per heavy atom. The number of nitrogens with one attached hydrogen (secondary N) is 1. The standard InChI is InChI=1S/C36H59NO8/c1-3-5-7-9-11-12-13-14-15-16-17-18-20-22-24-26-32(40)37-29(30(39)25-23-21-19-10-8-6-4-2)28-44-36-35(43)34(42)33(41)31(27-38)45-36/h5,7,11-12,14-15,17-18,22-25,29-31,33-36,38-39,41-43H,3-4,6,8-10,13,16,19-21,26-28H2,1-2H3,(H,37,40)/b7-5-,12-11-,15-14-,18-17-,24-22-,25-23+. The van der Waals surface area contributed by atoms with Crippen LogP contribution in [0.1, 0.15) is 90.9 Å². The van der Waals surface area contributed by atoms with Gasteiger partial charge >= 0.3 is 0 Å². The molecule has 9 nitrogen and oxygen atoms in total. The Morgan fingerprint density at radius 2 is 1.36 bits per heavy atom. The number of carbonyl (C=O) groups is 1. The molecule has 1 saturated heterocycles. The molecule has 1 amide bonds. The van der Waals surface area contributed by atoms with Crippen LogP contribution < -0.4 is 5.32 Å². The fraction of sp³-hybridized carbons (Fsp3) is 0.639. The van der Waals surface area contributed by atoms with Gasteiger partial charge in [0.2, 0.25) is 5.91 Å². The molecule has 6 N–H and O–H groups in total. The first-order chi connectivity index (χ1) is 21.8. The molecule has 7 unspecified atom stereocenters. The van der Waals surface area contributed by atoms with Gasteiger partial charge in [0.05, 0.1) is 25.4 Å². The minimum atomic E-state index is -1.58. The summed E-state index contributed by atoms with van der Waals surface area (Å²) in [6.45, 7) is 3.47. The maximum Gasteiger partial charge on any atom is 0.224 e. The van der Waals surface area contributed by atoms with Crippen molar-refractivity contribution in [2.75, 3.05) is 13.2 Å². The van der Waals surface area contributed by atoms with Gasteiger partial charge in [-0.15, -0.1) is 0 Å². The van der Waals surface area contributed by atoms with Crippen molar-refractivity contribution in [2.24, 2.45) is 0 Å². The van der Waals surface area contributed by atoms with Crippen molar-refractivity contribution in [3.05, 3.63) is 72.9 Å². The zero-order valence-corrected chi connectivity index (χ0v) is 27.3. The third kappa shape index (κ3) is 19.0. The SMILES string of the molecule is CC/C=C\C/C=C\C/C=C\C/C=C\C/C=C\CC(=O)NC(COC1OC(CO)C(O)C(O)C1O)C(O)/C=C/CCCCCCC. The second kappa shape index (κ2) is 26.8. The van der Waals surface area contributed by atoms with Gasteiger partial charge in [-0.1, -0.05) is 112 Å². The monoisotopic (exact) mass is 633 g/mol. The Kier molecular flexibility index (Phi) is 24.2. The number of amides is 1. The summed E-state index contributed by atoms with van der Waals surface area (Å²) in [5.41, 5.74) is 0. The lowest BCUT2D eigenvalue weighted by Crippen LogP contribution is -2.60. The largest absolute Gasteiger partial charge is 0.394 e. The molecule has 0 bridgehead atoms. The molecule has 0 aromatic rings. The maximum atomic E-state index is 12.7. The smallest absolute Gasteiger partial charge is 0.224 e. The number of unbranched alkanes of at least 4 members (excludes halogenated alkanes) is 5. The topological polar surface area (TPSA) is 149 Å². The molecule has 45 heavy (non-hydrogen) atoms. The highest BCUT2D eigenvalue weighted by atomic mass is 16.7. The Labute approximate surface area is 270 Å². The van der Waals surface area contributed by atoms with Gasteiger partial charge in [0.15, 0.2) is 6.29 Å². The van der Waals surface area contributed by atoms with Gasteiger partial charge in [-0.3, -0.25) is 4.79 Å². The molecule has 0 spiro atoms. The van der Waals surface area contributed by atoms with E-state index < -0.39 is 49.5 Å². The van der Waals surface area contributed by atoms with Crippen LogP contribution in [0.5, 0.6) is 0 Å². The van der Waals surface area contributed by atoms with E-state index in [2.05, 4.69) is 61.7 Å². The van der Waals surface area contributed by atoms with Crippen LogP contribution >= 0.6 is 0 Å². The number of aliphatic hydroxyl groups is 5. The highest BCUT2D eigenvalue weighted by Gasteiger charge is 2.44. The van der Waals surface area contributed by atoms with Crippen molar-refractivity contribution in [3.8, 4) is 0 Å². The maximum absolute atomic E-state index is 12.7. The lowest BCUT2D eigenvalue weighted by Gasteiger charge is -2.40.